The van der Waals surface area contributed by atoms with Gasteiger partial charge in [0.2, 0.25) is 0 Å². The minimum Gasteiger partial charge on any atom is -0.497 e. The molecule has 29 heavy (non-hydrogen) atoms. The molecule has 158 valence electrons. The first-order valence-corrected chi connectivity index (χ1v) is 10.7. The third-order valence-electron chi connectivity index (χ3n) is 5.10. The van der Waals surface area contributed by atoms with Gasteiger partial charge < -0.3 is 25.0 Å². The van der Waals surface area contributed by atoms with Crippen LogP contribution in [0, 0.1) is 13.8 Å². The molecule has 1 aliphatic rings. The lowest BCUT2D eigenvalue weighted by Crippen LogP contribution is -2.45. The standard InChI is InChI=1S/C21H31N5O2S/c1-14-20(29-15(2)24-14)6-8-23-21(22-3)25-16-7-9-26(13-16)17-10-18(27-4)12-19(11-17)28-5/h10-12,16H,6-9,13H2,1-5H3,(H2,22,23,25). The second-order valence-electron chi connectivity index (χ2n) is 7.14. The molecule has 2 N–H and O–H groups in total. The van der Waals surface area contributed by atoms with E-state index in [2.05, 4.69) is 51.5 Å². The van der Waals surface area contributed by atoms with Crippen LogP contribution in [0.5, 0.6) is 11.5 Å². The van der Waals surface area contributed by atoms with Crippen LogP contribution in [0.1, 0.15) is 22.0 Å². The van der Waals surface area contributed by atoms with E-state index in [0.29, 0.717) is 6.04 Å². The van der Waals surface area contributed by atoms with E-state index >= 15 is 0 Å². The van der Waals surface area contributed by atoms with Gasteiger partial charge in [0, 0.05) is 67.9 Å². The lowest BCUT2D eigenvalue weighted by atomic mass is 10.2. The van der Waals surface area contributed by atoms with E-state index < -0.39 is 0 Å². The zero-order valence-corrected chi connectivity index (χ0v) is 18.7. The Morgan fingerprint density at radius 2 is 1.97 bits per heavy atom. The number of nitrogens with one attached hydrogen (secondary N) is 2. The van der Waals surface area contributed by atoms with Crippen molar-refractivity contribution in [2.24, 2.45) is 4.99 Å². The molecular formula is C21H31N5O2S. The zero-order chi connectivity index (χ0) is 20.8. The molecule has 0 spiro atoms. The summed E-state index contributed by atoms with van der Waals surface area (Å²) in [5, 5.41) is 8.11. The zero-order valence-electron chi connectivity index (χ0n) is 17.9. The molecule has 2 heterocycles. The molecule has 2 aromatic rings. The SMILES string of the molecule is CN=C(NCCc1sc(C)nc1C)NC1CCN(c2cc(OC)cc(OC)c2)C1. The number of aliphatic imine (C=N–C) groups is 1. The molecule has 8 heteroatoms. The second kappa shape index (κ2) is 9.82. The summed E-state index contributed by atoms with van der Waals surface area (Å²) in [6.45, 7) is 6.85. The van der Waals surface area contributed by atoms with Gasteiger partial charge in [-0.25, -0.2) is 4.98 Å². The van der Waals surface area contributed by atoms with Crippen molar-refractivity contribution in [3.05, 3.63) is 33.8 Å². The normalized spacial score (nSPS) is 16.8. The van der Waals surface area contributed by atoms with E-state index in [-0.39, 0.29) is 0 Å². The van der Waals surface area contributed by atoms with E-state index in [9.17, 15) is 0 Å². The van der Waals surface area contributed by atoms with Crippen LogP contribution in [-0.2, 0) is 6.42 Å². The first kappa shape index (κ1) is 21.2. The molecule has 1 fully saturated rings. The minimum atomic E-state index is 0.339. The lowest BCUT2D eigenvalue weighted by molar-refractivity contribution is 0.394. The summed E-state index contributed by atoms with van der Waals surface area (Å²) < 4.78 is 10.8. The Morgan fingerprint density at radius 3 is 2.55 bits per heavy atom. The number of methoxy groups -OCH3 is 2. The molecule has 1 unspecified atom stereocenters. The number of rotatable bonds is 7. The molecule has 1 aromatic carbocycles. The molecule has 0 radical (unpaired) electrons. The van der Waals surface area contributed by atoms with Gasteiger partial charge in [-0.3, -0.25) is 4.99 Å². The average molecular weight is 418 g/mol. The van der Waals surface area contributed by atoms with Crippen LogP contribution in [0.2, 0.25) is 0 Å². The third-order valence-corrected chi connectivity index (χ3v) is 6.23. The topological polar surface area (TPSA) is 71.0 Å². The maximum atomic E-state index is 5.40. The number of benzene rings is 1. The van der Waals surface area contributed by atoms with Crippen molar-refractivity contribution in [1.29, 1.82) is 0 Å². The number of thiazole rings is 1. The fourth-order valence-electron chi connectivity index (χ4n) is 3.58. The highest BCUT2D eigenvalue weighted by Gasteiger charge is 2.24. The predicted octanol–water partition coefficient (Wildman–Crippen LogP) is 2.76. The van der Waals surface area contributed by atoms with Crippen molar-refractivity contribution in [3.8, 4) is 11.5 Å². The largest absolute Gasteiger partial charge is 0.497 e. The molecule has 0 saturated carbocycles. The van der Waals surface area contributed by atoms with Crippen LogP contribution < -0.4 is 25.0 Å². The van der Waals surface area contributed by atoms with Gasteiger partial charge in [0.25, 0.3) is 0 Å². The first-order valence-electron chi connectivity index (χ1n) is 9.90. The Morgan fingerprint density at radius 1 is 1.24 bits per heavy atom. The highest BCUT2D eigenvalue weighted by Crippen LogP contribution is 2.30. The van der Waals surface area contributed by atoms with Crippen molar-refractivity contribution in [3.63, 3.8) is 0 Å². The molecule has 0 aliphatic carbocycles. The molecule has 0 amide bonds. The van der Waals surface area contributed by atoms with Gasteiger partial charge in [-0.15, -0.1) is 11.3 Å². The van der Waals surface area contributed by atoms with Crippen LogP contribution in [0.25, 0.3) is 0 Å². The fourth-order valence-corrected chi connectivity index (χ4v) is 4.51. The van der Waals surface area contributed by atoms with Crippen LogP contribution in [0.15, 0.2) is 23.2 Å². The molecule has 1 aliphatic heterocycles. The van der Waals surface area contributed by atoms with Crippen molar-refractivity contribution >= 4 is 23.0 Å². The lowest BCUT2D eigenvalue weighted by Gasteiger charge is -2.21. The van der Waals surface area contributed by atoms with Gasteiger partial charge >= 0.3 is 0 Å². The van der Waals surface area contributed by atoms with E-state index in [1.807, 2.05) is 13.1 Å². The predicted molar refractivity (Wildman–Crippen MR) is 120 cm³/mol. The summed E-state index contributed by atoms with van der Waals surface area (Å²) in [6.07, 6.45) is 2.01. The molecule has 1 atom stereocenters. The van der Waals surface area contributed by atoms with E-state index in [0.717, 1.165) is 66.3 Å². The first-order chi connectivity index (χ1) is 14.0. The number of ether oxygens (including phenoxy) is 2. The number of hydrogen-bond acceptors (Lipinski definition) is 6. The smallest absolute Gasteiger partial charge is 0.191 e. The second-order valence-corrected chi connectivity index (χ2v) is 8.43. The van der Waals surface area contributed by atoms with E-state index in [1.165, 1.54) is 4.88 Å². The summed E-state index contributed by atoms with van der Waals surface area (Å²) in [5.41, 5.74) is 2.25. The number of nitrogens with zero attached hydrogens (tertiary/aromatic N) is 3. The Hall–Kier alpha value is -2.48. The Labute approximate surface area is 177 Å². The summed E-state index contributed by atoms with van der Waals surface area (Å²) in [4.78, 5) is 12.6. The molecule has 0 bridgehead atoms. The highest BCUT2D eigenvalue weighted by molar-refractivity contribution is 7.11. The summed E-state index contributed by atoms with van der Waals surface area (Å²) in [5.74, 6) is 2.46. The average Bonchev–Trinajstić information content (AvgIpc) is 3.32. The van der Waals surface area contributed by atoms with Crippen LogP contribution in [0.3, 0.4) is 0 Å². The minimum absolute atomic E-state index is 0.339. The number of anilines is 1. The Bertz CT molecular complexity index is 829. The van der Waals surface area contributed by atoms with E-state index in [1.54, 1.807) is 25.6 Å². The maximum Gasteiger partial charge on any atom is 0.191 e. The molecule has 1 aromatic heterocycles. The molecule has 1 saturated heterocycles. The van der Waals surface area contributed by atoms with Crippen molar-refractivity contribution < 1.29 is 9.47 Å². The molecule has 7 nitrogen and oxygen atoms in total. The van der Waals surface area contributed by atoms with Crippen molar-refractivity contribution in [2.45, 2.75) is 32.7 Å². The Kier molecular flexibility index (Phi) is 7.19. The highest BCUT2D eigenvalue weighted by atomic mass is 32.1. The van der Waals surface area contributed by atoms with Gasteiger partial charge in [-0.1, -0.05) is 0 Å². The third kappa shape index (κ3) is 5.53. The van der Waals surface area contributed by atoms with Crippen molar-refractivity contribution in [1.82, 2.24) is 15.6 Å². The van der Waals surface area contributed by atoms with Gasteiger partial charge in [0.15, 0.2) is 5.96 Å². The van der Waals surface area contributed by atoms with Crippen LogP contribution in [-0.4, -0.2) is 57.9 Å². The van der Waals surface area contributed by atoms with Gasteiger partial charge in [-0.05, 0) is 20.3 Å². The number of guanidine groups is 1. The Balaban J connectivity index is 1.52. The van der Waals surface area contributed by atoms with Crippen LogP contribution >= 0.6 is 11.3 Å². The summed E-state index contributed by atoms with van der Waals surface area (Å²) in [7, 11) is 5.17. The van der Waals surface area contributed by atoms with Crippen molar-refractivity contribution in [2.75, 3.05) is 45.8 Å². The number of aromatic nitrogens is 1. The number of hydrogen-bond donors (Lipinski definition) is 2. The maximum absolute atomic E-state index is 5.40. The van der Waals surface area contributed by atoms with Crippen LogP contribution in [0.4, 0.5) is 5.69 Å². The van der Waals surface area contributed by atoms with Gasteiger partial charge in [-0.2, -0.15) is 0 Å². The molecular weight excluding hydrogens is 386 g/mol. The monoisotopic (exact) mass is 417 g/mol. The summed E-state index contributed by atoms with van der Waals surface area (Å²) in [6, 6.07) is 6.34. The van der Waals surface area contributed by atoms with Gasteiger partial charge in [0.05, 0.1) is 24.9 Å². The fraction of sp³-hybridized carbons (Fsp3) is 0.524. The molecule has 3 rings (SSSR count). The van der Waals surface area contributed by atoms with Gasteiger partial charge in [0.1, 0.15) is 11.5 Å². The quantitative estimate of drug-likeness (QED) is 0.533. The summed E-state index contributed by atoms with van der Waals surface area (Å²) >= 11 is 1.77. The van der Waals surface area contributed by atoms with E-state index in [4.69, 9.17) is 9.47 Å². The number of aryl methyl sites for hydroxylation is 2.